The molecule has 20 heavy (non-hydrogen) atoms. The summed E-state index contributed by atoms with van der Waals surface area (Å²) in [6, 6.07) is 4.90. The maximum atomic E-state index is 12.4. The molecule has 0 unspecified atom stereocenters. The average molecular weight is 283 g/mol. The molecule has 0 saturated carbocycles. The van der Waals surface area contributed by atoms with Crippen molar-refractivity contribution >= 4 is 5.97 Å². The van der Waals surface area contributed by atoms with Crippen LogP contribution in [-0.2, 0) is 6.18 Å². The lowest BCUT2D eigenvalue weighted by Gasteiger charge is -2.09. The highest BCUT2D eigenvalue weighted by atomic mass is 19.4. The highest BCUT2D eigenvalue weighted by molar-refractivity contribution is 5.95. The van der Waals surface area contributed by atoms with Crippen molar-refractivity contribution in [2.45, 2.75) is 6.18 Å². The minimum absolute atomic E-state index is 0.144. The Kier molecular flexibility index (Phi) is 3.35. The second kappa shape index (κ2) is 4.84. The summed E-state index contributed by atoms with van der Waals surface area (Å²) in [6.45, 7) is 0. The summed E-state index contributed by atoms with van der Waals surface area (Å²) in [5, 5.41) is 9.00. The maximum absolute atomic E-state index is 12.4. The number of hydrogen-bond acceptors (Lipinski definition) is 2. The molecule has 0 aliphatic rings. The van der Waals surface area contributed by atoms with Gasteiger partial charge >= 0.3 is 12.1 Å². The van der Waals surface area contributed by atoms with E-state index in [1.54, 1.807) is 0 Å². The molecule has 0 aliphatic carbocycles. The van der Waals surface area contributed by atoms with Crippen molar-refractivity contribution in [3.05, 3.63) is 58.0 Å². The fourth-order valence-electron chi connectivity index (χ4n) is 1.73. The Labute approximate surface area is 110 Å². The number of H-pyrrole nitrogens is 1. The van der Waals surface area contributed by atoms with Gasteiger partial charge in [-0.15, -0.1) is 0 Å². The first-order chi connectivity index (χ1) is 9.29. The molecule has 0 fully saturated rings. The molecular formula is C13H8F3NO3. The van der Waals surface area contributed by atoms with Gasteiger partial charge in [0.1, 0.15) is 0 Å². The molecule has 0 aliphatic heterocycles. The van der Waals surface area contributed by atoms with E-state index in [0.717, 1.165) is 36.5 Å². The lowest BCUT2D eigenvalue weighted by atomic mass is 10.0. The molecule has 0 radical (unpaired) electrons. The number of carbonyl (C=O) groups is 1. The van der Waals surface area contributed by atoms with Crippen molar-refractivity contribution in [1.29, 1.82) is 0 Å². The molecule has 1 heterocycles. The molecule has 0 spiro atoms. The quantitative estimate of drug-likeness (QED) is 0.890. The highest BCUT2D eigenvalue weighted by Gasteiger charge is 2.30. The van der Waals surface area contributed by atoms with Crippen LogP contribution in [0.3, 0.4) is 0 Å². The number of aromatic amines is 1. The van der Waals surface area contributed by atoms with E-state index in [4.69, 9.17) is 5.11 Å². The highest BCUT2D eigenvalue weighted by Crippen LogP contribution is 2.31. The Hall–Kier alpha value is -2.57. The maximum Gasteiger partial charge on any atom is 0.416 e. The van der Waals surface area contributed by atoms with E-state index >= 15 is 0 Å². The van der Waals surface area contributed by atoms with E-state index in [0.29, 0.717) is 0 Å². The van der Waals surface area contributed by atoms with Crippen LogP contribution in [-0.4, -0.2) is 16.1 Å². The molecular weight excluding hydrogens is 275 g/mol. The minimum atomic E-state index is -4.46. The monoisotopic (exact) mass is 283 g/mol. The van der Waals surface area contributed by atoms with Crippen molar-refractivity contribution < 1.29 is 23.1 Å². The zero-order valence-corrected chi connectivity index (χ0v) is 9.86. The van der Waals surface area contributed by atoms with E-state index in [1.807, 2.05) is 0 Å². The summed E-state index contributed by atoms with van der Waals surface area (Å²) in [5.41, 5.74) is -1.29. The second-order valence-electron chi connectivity index (χ2n) is 4.00. The fourth-order valence-corrected chi connectivity index (χ4v) is 1.73. The predicted molar refractivity (Wildman–Crippen MR) is 64.5 cm³/mol. The number of aromatic nitrogens is 1. The van der Waals surface area contributed by atoms with Crippen LogP contribution in [0.25, 0.3) is 11.1 Å². The van der Waals surface area contributed by atoms with Crippen LogP contribution < -0.4 is 5.56 Å². The van der Waals surface area contributed by atoms with E-state index in [-0.39, 0.29) is 16.7 Å². The van der Waals surface area contributed by atoms with Crippen LogP contribution in [0.15, 0.2) is 41.3 Å². The van der Waals surface area contributed by atoms with Crippen LogP contribution in [0.4, 0.5) is 13.2 Å². The van der Waals surface area contributed by atoms with Crippen LogP contribution in [0.2, 0.25) is 0 Å². The van der Waals surface area contributed by atoms with Gasteiger partial charge in [-0.25, -0.2) is 4.79 Å². The van der Waals surface area contributed by atoms with Gasteiger partial charge in [0, 0.05) is 17.8 Å². The van der Waals surface area contributed by atoms with Gasteiger partial charge in [-0.05, 0) is 17.7 Å². The first-order valence-electron chi connectivity index (χ1n) is 5.42. The number of halogens is 3. The normalized spacial score (nSPS) is 11.3. The third-order valence-corrected chi connectivity index (χ3v) is 2.68. The summed E-state index contributed by atoms with van der Waals surface area (Å²) < 4.78 is 37.3. The van der Waals surface area contributed by atoms with Gasteiger partial charge in [0.15, 0.2) is 0 Å². The number of alkyl halides is 3. The Balaban J connectivity index is 2.52. The van der Waals surface area contributed by atoms with Crippen LogP contribution >= 0.6 is 0 Å². The molecule has 2 rings (SSSR count). The number of hydrogen-bond donors (Lipinski definition) is 2. The van der Waals surface area contributed by atoms with Crippen LogP contribution in [0, 0.1) is 0 Å². The Bertz CT molecular complexity index is 702. The van der Waals surface area contributed by atoms with Crippen molar-refractivity contribution in [1.82, 2.24) is 4.98 Å². The zero-order valence-electron chi connectivity index (χ0n) is 9.86. The minimum Gasteiger partial charge on any atom is -0.478 e. The van der Waals surface area contributed by atoms with Gasteiger partial charge in [-0.1, -0.05) is 12.1 Å². The Morgan fingerprint density at radius 3 is 2.25 bits per heavy atom. The molecule has 2 N–H and O–H groups in total. The van der Waals surface area contributed by atoms with Gasteiger partial charge < -0.3 is 10.1 Å². The molecule has 0 saturated heterocycles. The lowest BCUT2D eigenvalue weighted by molar-refractivity contribution is -0.137. The zero-order chi connectivity index (χ0) is 14.9. The second-order valence-corrected chi connectivity index (χ2v) is 4.00. The number of nitrogens with one attached hydrogen (secondary N) is 1. The molecule has 1 aromatic carbocycles. The van der Waals surface area contributed by atoms with Crippen molar-refractivity contribution in [2.75, 3.05) is 0 Å². The number of pyridine rings is 1. The Morgan fingerprint density at radius 2 is 1.75 bits per heavy atom. The number of benzene rings is 1. The standard InChI is InChI=1S/C13H8F3NO3/c14-13(15,16)8-3-1-7(2-4-8)10-6-17-11(18)5-9(10)12(19)20/h1-6H,(H,17,18)(H,19,20). The third-order valence-electron chi connectivity index (χ3n) is 2.68. The van der Waals surface area contributed by atoms with Gasteiger partial charge in [0.05, 0.1) is 11.1 Å². The first kappa shape index (κ1) is 13.9. The smallest absolute Gasteiger partial charge is 0.416 e. The van der Waals surface area contributed by atoms with E-state index in [9.17, 15) is 22.8 Å². The molecule has 1 aromatic heterocycles. The van der Waals surface area contributed by atoms with E-state index in [1.165, 1.54) is 0 Å². The van der Waals surface area contributed by atoms with Crippen LogP contribution in [0.1, 0.15) is 15.9 Å². The van der Waals surface area contributed by atoms with Gasteiger partial charge in [0.2, 0.25) is 5.56 Å². The first-order valence-corrected chi connectivity index (χ1v) is 5.42. The average Bonchev–Trinajstić information content (AvgIpc) is 2.37. The van der Waals surface area contributed by atoms with Gasteiger partial charge in [-0.2, -0.15) is 13.2 Å². The molecule has 104 valence electrons. The largest absolute Gasteiger partial charge is 0.478 e. The predicted octanol–water partition coefficient (Wildman–Crippen LogP) is 2.76. The molecule has 0 bridgehead atoms. The molecule has 2 aromatic rings. The summed E-state index contributed by atoms with van der Waals surface area (Å²) in [7, 11) is 0. The van der Waals surface area contributed by atoms with E-state index < -0.39 is 23.3 Å². The SMILES string of the molecule is O=C(O)c1cc(=O)[nH]cc1-c1ccc(C(F)(F)F)cc1. The number of carboxylic acids is 1. The molecule has 7 heteroatoms. The summed E-state index contributed by atoms with van der Waals surface area (Å²) in [6.07, 6.45) is -3.30. The lowest BCUT2D eigenvalue weighted by Crippen LogP contribution is -2.10. The fraction of sp³-hybridized carbons (Fsp3) is 0.0769. The van der Waals surface area contributed by atoms with Gasteiger partial charge in [-0.3, -0.25) is 4.79 Å². The summed E-state index contributed by atoms with van der Waals surface area (Å²) in [4.78, 5) is 24.4. The number of carboxylic acid groups (broad SMARTS) is 1. The van der Waals surface area contributed by atoms with Crippen molar-refractivity contribution in [2.24, 2.45) is 0 Å². The summed E-state index contributed by atoms with van der Waals surface area (Å²) >= 11 is 0. The molecule has 0 amide bonds. The Morgan fingerprint density at radius 1 is 1.15 bits per heavy atom. The van der Waals surface area contributed by atoms with Crippen LogP contribution in [0.5, 0.6) is 0 Å². The summed E-state index contributed by atoms with van der Waals surface area (Å²) in [5.74, 6) is -1.33. The molecule has 4 nitrogen and oxygen atoms in total. The number of rotatable bonds is 2. The third kappa shape index (κ3) is 2.71. The van der Waals surface area contributed by atoms with Crippen molar-refractivity contribution in [3.8, 4) is 11.1 Å². The topological polar surface area (TPSA) is 70.2 Å². The van der Waals surface area contributed by atoms with Gasteiger partial charge in [0.25, 0.3) is 0 Å². The van der Waals surface area contributed by atoms with Crippen molar-refractivity contribution in [3.63, 3.8) is 0 Å². The molecule has 0 atom stereocenters. The number of aromatic carboxylic acids is 1. The van der Waals surface area contributed by atoms with E-state index in [2.05, 4.69) is 4.98 Å².